The fourth-order valence-electron chi connectivity index (χ4n) is 1.56. The van der Waals surface area contributed by atoms with Crippen LogP contribution in [-0.2, 0) is 4.79 Å². The van der Waals surface area contributed by atoms with Gasteiger partial charge in [0.1, 0.15) is 6.29 Å². The zero-order valence-corrected chi connectivity index (χ0v) is 9.29. The van der Waals surface area contributed by atoms with Crippen molar-refractivity contribution in [3.05, 3.63) is 42.0 Å². The van der Waals surface area contributed by atoms with Crippen LogP contribution in [0.3, 0.4) is 0 Å². The summed E-state index contributed by atoms with van der Waals surface area (Å²) in [5, 5.41) is 2.94. The number of aldehydes is 1. The van der Waals surface area contributed by atoms with E-state index in [-0.39, 0.29) is 6.04 Å². The van der Waals surface area contributed by atoms with Gasteiger partial charge >= 0.3 is 0 Å². The van der Waals surface area contributed by atoms with E-state index in [1.807, 2.05) is 18.2 Å². The number of carbonyl (C=O) groups excluding carboxylic acids is 1. The summed E-state index contributed by atoms with van der Waals surface area (Å²) in [7, 11) is 1.78. The van der Waals surface area contributed by atoms with Crippen molar-refractivity contribution in [2.24, 2.45) is 0 Å². The van der Waals surface area contributed by atoms with E-state index in [4.69, 9.17) is 0 Å². The van der Waals surface area contributed by atoms with E-state index < -0.39 is 0 Å². The van der Waals surface area contributed by atoms with Crippen LogP contribution < -0.4 is 5.32 Å². The molecule has 0 aromatic heterocycles. The highest BCUT2D eigenvalue weighted by Crippen LogP contribution is 2.20. The van der Waals surface area contributed by atoms with Crippen molar-refractivity contribution in [1.29, 1.82) is 0 Å². The third-order valence-electron chi connectivity index (χ3n) is 2.53. The molecule has 80 valence electrons. The molecule has 0 aliphatic heterocycles. The zero-order valence-electron chi connectivity index (χ0n) is 9.29. The summed E-state index contributed by atoms with van der Waals surface area (Å²) in [4.78, 5) is 10.7. The van der Waals surface area contributed by atoms with Gasteiger partial charge < -0.3 is 10.1 Å². The second-order valence-electron chi connectivity index (χ2n) is 3.65. The van der Waals surface area contributed by atoms with E-state index in [2.05, 4.69) is 24.9 Å². The number of rotatable bonds is 5. The Morgan fingerprint density at radius 1 is 1.53 bits per heavy atom. The van der Waals surface area contributed by atoms with Crippen LogP contribution in [-0.4, -0.2) is 19.4 Å². The molecule has 0 heterocycles. The Bertz CT molecular complexity index is 357. The number of nitrogens with one attached hydrogen (secondary N) is 1. The van der Waals surface area contributed by atoms with Crippen molar-refractivity contribution >= 4 is 11.9 Å². The van der Waals surface area contributed by atoms with Gasteiger partial charge in [-0.05, 0) is 37.1 Å². The van der Waals surface area contributed by atoms with Gasteiger partial charge in [-0.1, -0.05) is 30.8 Å². The third kappa shape index (κ3) is 3.03. The van der Waals surface area contributed by atoms with Gasteiger partial charge in [0.15, 0.2) is 0 Å². The molecule has 0 aliphatic rings. The Kier molecular flexibility index (Phi) is 4.25. The average molecular weight is 203 g/mol. The Balaban J connectivity index is 2.77. The summed E-state index contributed by atoms with van der Waals surface area (Å²) in [6, 6.07) is 7.94. The smallest absolute Gasteiger partial charge is 0.137 e. The van der Waals surface area contributed by atoms with Gasteiger partial charge in [-0.15, -0.1) is 0 Å². The van der Waals surface area contributed by atoms with Crippen molar-refractivity contribution in [3.63, 3.8) is 0 Å². The van der Waals surface area contributed by atoms with Gasteiger partial charge in [0.05, 0.1) is 6.04 Å². The van der Waals surface area contributed by atoms with E-state index in [1.165, 1.54) is 5.56 Å². The maximum atomic E-state index is 10.7. The first-order valence-electron chi connectivity index (χ1n) is 5.05. The predicted molar refractivity (Wildman–Crippen MR) is 63.7 cm³/mol. The van der Waals surface area contributed by atoms with Crippen LogP contribution in [0.25, 0.3) is 5.57 Å². The number of aryl methyl sites for hydroxylation is 1. The largest absolute Gasteiger partial charge is 0.311 e. The van der Waals surface area contributed by atoms with Gasteiger partial charge in [0.2, 0.25) is 0 Å². The first-order valence-corrected chi connectivity index (χ1v) is 5.05. The lowest BCUT2D eigenvalue weighted by molar-refractivity contribution is -0.109. The van der Waals surface area contributed by atoms with E-state index in [0.717, 1.165) is 17.4 Å². The maximum Gasteiger partial charge on any atom is 0.137 e. The molecule has 0 saturated heterocycles. The van der Waals surface area contributed by atoms with Gasteiger partial charge in [-0.25, -0.2) is 0 Å². The summed E-state index contributed by atoms with van der Waals surface area (Å²) >= 11 is 0. The Hall–Kier alpha value is -1.41. The van der Waals surface area contributed by atoms with Gasteiger partial charge in [-0.3, -0.25) is 0 Å². The standard InChI is InChI=1S/C13H17NO/c1-10-6-4-5-7-13(10)11(2)8-12(9-15)14-3/h4-7,9,12,14H,2,8H2,1,3H3. The minimum absolute atomic E-state index is 0.142. The van der Waals surface area contributed by atoms with Crippen LogP contribution in [0.5, 0.6) is 0 Å². The molecule has 1 unspecified atom stereocenters. The minimum atomic E-state index is -0.142. The molecule has 0 fully saturated rings. The lowest BCUT2D eigenvalue weighted by Gasteiger charge is -2.13. The van der Waals surface area contributed by atoms with E-state index in [1.54, 1.807) is 7.05 Å². The monoisotopic (exact) mass is 203 g/mol. The molecule has 0 saturated carbocycles. The van der Waals surface area contributed by atoms with Crippen molar-refractivity contribution in [2.45, 2.75) is 19.4 Å². The molecule has 2 nitrogen and oxygen atoms in total. The molecule has 1 aromatic rings. The first-order chi connectivity index (χ1) is 7.19. The molecule has 1 N–H and O–H groups in total. The summed E-state index contributed by atoms with van der Waals surface area (Å²) in [6.07, 6.45) is 1.58. The summed E-state index contributed by atoms with van der Waals surface area (Å²) in [5.74, 6) is 0. The predicted octanol–water partition coefficient (Wildman–Crippen LogP) is 2.19. The zero-order chi connectivity index (χ0) is 11.3. The lowest BCUT2D eigenvalue weighted by atomic mass is 9.97. The van der Waals surface area contributed by atoms with Crippen LogP contribution in [0.1, 0.15) is 17.5 Å². The Morgan fingerprint density at radius 3 is 2.73 bits per heavy atom. The molecule has 0 amide bonds. The molecule has 1 rings (SSSR count). The number of hydrogen-bond donors (Lipinski definition) is 1. The normalized spacial score (nSPS) is 12.1. The quantitative estimate of drug-likeness (QED) is 0.743. The topological polar surface area (TPSA) is 29.1 Å². The molecular weight excluding hydrogens is 186 g/mol. The second-order valence-corrected chi connectivity index (χ2v) is 3.65. The molecule has 1 atom stereocenters. The van der Waals surface area contributed by atoms with Crippen LogP contribution in [0.4, 0.5) is 0 Å². The number of benzene rings is 1. The van der Waals surface area contributed by atoms with Crippen LogP contribution in [0.2, 0.25) is 0 Å². The fourth-order valence-corrected chi connectivity index (χ4v) is 1.56. The number of carbonyl (C=O) groups is 1. The van der Waals surface area contributed by atoms with E-state index in [9.17, 15) is 4.79 Å². The highest BCUT2D eigenvalue weighted by molar-refractivity contribution is 5.71. The maximum absolute atomic E-state index is 10.7. The number of likely N-dealkylation sites (N-methyl/N-ethyl adjacent to an activating group) is 1. The van der Waals surface area contributed by atoms with E-state index >= 15 is 0 Å². The lowest BCUT2D eigenvalue weighted by Crippen LogP contribution is -2.26. The SMILES string of the molecule is C=C(CC(C=O)NC)c1ccccc1C. The Morgan fingerprint density at radius 2 is 2.20 bits per heavy atom. The van der Waals surface area contributed by atoms with Crippen LogP contribution in [0, 0.1) is 6.92 Å². The summed E-state index contributed by atoms with van der Waals surface area (Å²) < 4.78 is 0. The van der Waals surface area contributed by atoms with Gasteiger partial charge in [0.25, 0.3) is 0 Å². The van der Waals surface area contributed by atoms with Crippen molar-refractivity contribution < 1.29 is 4.79 Å². The first kappa shape index (κ1) is 11.7. The fraction of sp³-hybridized carbons (Fsp3) is 0.308. The molecule has 0 bridgehead atoms. The third-order valence-corrected chi connectivity index (χ3v) is 2.53. The molecular formula is C13H17NO. The second kappa shape index (κ2) is 5.47. The molecule has 0 aliphatic carbocycles. The highest BCUT2D eigenvalue weighted by atomic mass is 16.1. The van der Waals surface area contributed by atoms with Crippen molar-refractivity contribution in [1.82, 2.24) is 5.32 Å². The highest BCUT2D eigenvalue weighted by Gasteiger charge is 2.08. The Labute approximate surface area is 91.0 Å². The molecule has 0 spiro atoms. The molecule has 2 heteroatoms. The average Bonchev–Trinajstić information content (AvgIpc) is 2.26. The minimum Gasteiger partial charge on any atom is -0.311 e. The molecule has 1 aromatic carbocycles. The molecule has 15 heavy (non-hydrogen) atoms. The molecule has 0 radical (unpaired) electrons. The summed E-state index contributed by atoms with van der Waals surface area (Å²) in [5.41, 5.74) is 3.34. The summed E-state index contributed by atoms with van der Waals surface area (Å²) in [6.45, 7) is 6.07. The van der Waals surface area contributed by atoms with E-state index in [0.29, 0.717) is 6.42 Å². The van der Waals surface area contributed by atoms with Gasteiger partial charge in [-0.2, -0.15) is 0 Å². The van der Waals surface area contributed by atoms with Crippen LogP contribution >= 0.6 is 0 Å². The van der Waals surface area contributed by atoms with Gasteiger partial charge in [0, 0.05) is 0 Å². The van der Waals surface area contributed by atoms with Crippen LogP contribution in [0.15, 0.2) is 30.8 Å². The van der Waals surface area contributed by atoms with Crippen molar-refractivity contribution in [2.75, 3.05) is 7.05 Å². The number of hydrogen-bond acceptors (Lipinski definition) is 2. The van der Waals surface area contributed by atoms with Crippen molar-refractivity contribution in [3.8, 4) is 0 Å².